The Morgan fingerprint density at radius 3 is 2.88 bits per heavy atom. The van der Waals surface area contributed by atoms with E-state index in [0.29, 0.717) is 36.3 Å². The number of fused-ring (bicyclic) bond motifs is 1. The molecule has 0 aliphatic carbocycles. The number of aliphatic hydroxyl groups excluding tert-OH is 1. The smallest absolute Gasteiger partial charge is 0.261 e. The Hall–Kier alpha value is -2.18. The molecule has 2 heterocycles. The summed E-state index contributed by atoms with van der Waals surface area (Å²) >= 11 is 0. The Balaban J connectivity index is 1.96. The van der Waals surface area contributed by atoms with Crippen LogP contribution in [0.5, 0.6) is 0 Å². The summed E-state index contributed by atoms with van der Waals surface area (Å²) in [4.78, 5) is 26.4. The second-order valence-corrected chi connectivity index (χ2v) is 6.68. The molecule has 25 heavy (non-hydrogen) atoms. The number of carbonyl (C=O) groups is 2. The zero-order valence-electron chi connectivity index (χ0n) is 14.4. The van der Waals surface area contributed by atoms with E-state index in [4.69, 9.17) is 5.11 Å². The molecule has 1 aromatic rings. The monoisotopic (exact) mass is 344 g/mol. The molecule has 0 aromatic heterocycles. The van der Waals surface area contributed by atoms with Crippen molar-refractivity contribution in [1.82, 2.24) is 0 Å². The van der Waals surface area contributed by atoms with Gasteiger partial charge in [-0.05, 0) is 37.5 Å². The highest BCUT2D eigenvalue weighted by molar-refractivity contribution is 6.06. The highest BCUT2D eigenvalue weighted by atomic mass is 16.3. The fraction of sp³-hybridized carbons (Fsp3) is 0.474. The number of benzene rings is 1. The molecule has 0 spiro atoms. The summed E-state index contributed by atoms with van der Waals surface area (Å²) in [5, 5.41) is 22.8. The van der Waals surface area contributed by atoms with Gasteiger partial charge in [0.25, 0.3) is 5.91 Å². The van der Waals surface area contributed by atoms with Gasteiger partial charge in [-0.2, -0.15) is 0 Å². The molecule has 1 fully saturated rings. The maximum atomic E-state index is 12.5. The van der Waals surface area contributed by atoms with Crippen LogP contribution < -0.4 is 10.2 Å². The van der Waals surface area contributed by atoms with Crippen LogP contribution in [0.3, 0.4) is 0 Å². The number of hydrogen-bond donors (Lipinski definition) is 3. The third kappa shape index (κ3) is 3.07. The van der Waals surface area contributed by atoms with Crippen molar-refractivity contribution in [2.75, 3.05) is 23.4 Å². The molecule has 2 aliphatic rings. The zero-order valence-corrected chi connectivity index (χ0v) is 14.4. The number of aliphatic hydroxyl groups is 2. The largest absolute Gasteiger partial charge is 0.396 e. The summed E-state index contributed by atoms with van der Waals surface area (Å²) in [5.74, 6) is -0.860. The molecule has 6 nitrogen and oxygen atoms in total. The van der Waals surface area contributed by atoms with E-state index < -0.39 is 17.4 Å². The Morgan fingerprint density at radius 1 is 1.36 bits per heavy atom. The van der Waals surface area contributed by atoms with Crippen LogP contribution in [0.2, 0.25) is 0 Å². The normalized spacial score (nSPS) is 24.5. The standard InChI is InChI=1S/C19H24N2O4/c1-13(6-3-5-11-22)19(25)15-12-14(8-9-16(15)20-18(19)24)21-10-4-2-7-17(21)23/h3,6,8-9,12-13,22,25H,2,4-5,7,10-11H2,1H3,(H,20,24)/b6-3+/t13-,19+/m1/s1. The van der Waals surface area contributed by atoms with E-state index in [1.807, 2.05) is 0 Å². The summed E-state index contributed by atoms with van der Waals surface area (Å²) in [6.45, 7) is 2.44. The van der Waals surface area contributed by atoms with Gasteiger partial charge in [-0.3, -0.25) is 9.59 Å². The van der Waals surface area contributed by atoms with E-state index in [1.54, 1.807) is 42.2 Å². The quantitative estimate of drug-likeness (QED) is 0.712. The zero-order chi connectivity index (χ0) is 18.0. The predicted molar refractivity (Wildman–Crippen MR) is 95.2 cm³/mol. The van der Waals surface area contributed by atoms with Crippen molar-refractivity contribution in [3.63, 3.8) is 0 Å². The van der Waals surface area contributed by atoms with Crippen molar-refractivity contribution < 1.29 is 19.8 Å². The Kier molecular flexibility index (Phi) is 4.92. The number of nitrogens with one attached hydrogen (secondary N) is 1. The van der Waals surface area contributed by atoms with Crippen LogP contribution in [0.4, 0.5) is 11.4 Å². The van der Waals surface area contributed by atoms with E-state index in [-0.39, 0.29) is 12.5 Å². The van der Waals surface area contributed by atoms with E-state index in [1.165, 1.54) is 0 Å². The van der Waals surface area contributed by atoms with Crippen molar-refractivity contribution >= 4 is 23.2 Å². The molecule has 3 N–H and O–H groups in total. The molecular weight excluding hydrogens is 320 g/mol. The van der Waals surface area contributed by atoms with Gasteiger partial charge in [-0.25, -0.2) is 0 Å². The van der Waals surface area contributed by atoms with Crippen LogP contribution in [-0.2, 0) is 15.2 Å². The number of anilines is 2. The average Bonchev–Trinajstić information content (AvgIpc) is 2.87. The Labute approximate surface area is 147 Å². The van der Waals surface area contributed by atoms with Gasteiger partial charge in [0.05, 0.1) is 0 Å². The maximum Gasteiger partial charge on any atom is 0.261 e. The maximum absolute atomic E-state index is 12.5. The minimum atomic E-state index is -1.68. The molecule has 0 saturated carbocycles. The van der Waals surface area contributed by atoms with Gasteiger partial charge < -0.3 is 20.4 Å². The molecule has 1 saturated heterocycles. The number of carbonyl (C=O) groups excluding carboxylic acids is 2. The third-order valence-corrected chi connectivity index (χ3v) is 5.02. The van der Waals surface area contributed by atoms with Gasteiger partial charge in [0.2, 0.25) is 5.91 Å². The lowest BCUT2D eigenvalue weighted by Crippen LogP contribution is -2.40. The number of nitrogens with zero attached hydrogens (tertiary/aromatic N) is 1. The minimum absolute atomic E-state index is 0.0195. The van der Waals surface area contributed by atoms with Crippen molar-refractivity contribution in [2.45, 2.75) is 38.2 Å². The first-order valence-corrected chi connectivity index (χ1v) is 8.74. The van der Waals surface area contributed by atoms with Crippen LogP contribution in [0.15, 0.2) is 30.4 Å². The van der Waals surface area contributed by atoms with Crippen molar-refractivity contribution in [3.05, 3.63) is 35.9 Å². The molecule has 2 amide bonds. The minimum Gasteiger partial charge on any atom is -0.396 e. The topological polar surface area (TPSA) is 89.9 Å². The third-order valence-electron chi connectivity index (χ3n) is 5.02. The Bertz CT molecular complexity index is 715. The van der Waals surface area contributed by atoms with Gasteiger partial charge in [0, 0.05) is 42.4 Å². The first-order chi connectivity index (χ1) is 12.0. The predicted octanol–water partition coefficient (Wildman–Crippen LogP) is 1.92. The molecule has 6 heteroatoms. The summed E-state index contributed by atoms with van der Waals surface area (Å²) < 4.78 is 0. The molecule has 2 aliphatic heterocycles. The fourth-order valence-corrected chi connectivity index (χ4v) is 3.51. The van der Waals surface area contributed by atoms with Crippen LogP contribution >= 0.6 is 0 Å². The van der Waals surface area contributed by atoms with Gasteiger partial charge in [-0.15, -0.1) is 0 Å². The first kappa shape index (κ1) is 17.6. The summed E-state index contributed by atoms with van der Waals surface area (Å²) in [6.07, 6.45) is 6.34. The fourth-order valence-electron chi connectivity index (χ4n) is 3.51. The van der Waals surface area contributed by atoms with E-state index in [9.17, 15) is 14.7 Å². The van der Waals surface area contributed by atoms with Gasteiger partial charge in [0.15, 0.2) is 5.60 Å². The van der Waals surface area contributed by atoms with Gasteiger partial charge in [0.1, 0.15) is 0 Å². The number of rotatable bonds is 5. The van der Waals surface area contributed by atoms with Crippen molar-refractivity contribution in [2.24, 2.45) is 5.92 Å². The lowest BCUT2D eigenvalue weighted by molar-refractivity contribution is -0.137. The van der Waals surface area contributed by atoms with Crippen LogP contribution in [-0.4, -0.2) is 35.2 Å². The molecule has 134 valence electrons. The SMILES string of the molecule is C[C@H](/C=C/CCO)[C@@]1(O)C(=O)Nc2ccc(N3CCCCC3=O)cc21. The molecule has 0 unspecified atom stereocenters. The van der Waals surface area contributed by atoms with Crippen LogP contribution in [0, 0.1) is 5.92 Å². The molecule has 0 radical (unpaired) electrons. The van der Waals surface area contributed by atoms with Gasteiger partial charge >= 0.3 is 0 Å². The van der Waals surface area contributed by atoms with Crippen LogP contribution in [0.1, 0.15) is 38.2 Å². The van der Waals surface area contributed by atoms with Gasteiger partial charge in [-0.1, -0.05) is 19.1 Å². The molecule has 0 bridgehead atoms. The number of piperidine rings is 1. The van der Waals surface area contributed by atoms with Crippen molar-refractivity contribution in [3.8, 4) is 0 Å². The Morgan fingerprint density at radius 2 is 2.16 bits per heavy atom. The summed E-state index contributed by atoms with van der Waals surface area (Å²) in [7, 11) is 0. The molecule has 1 aromatic carbocycles. The summed E-state index contributed by atoms with van der Waals surface area (Å²) in [6, 6.07) is 5.29. The second-order valence-electron chi connectivity index (χ2n) is 6.68. The average molecular weight is 344 g/mol. The number of amides is 2. The lowest BCUT2D eigenvalue weighted by Gasteiger charge is -2.29. The van der Waals surface area contributed by atoms with E-state index >= 15 is 0 Å². The highest BCUT2D eigenvalue weighted by Crippen LogP contribution is 2.43. The first-order valence-electron chi connectivity index (χ1n) is 8.74. The highest BCUT2D eigenvalue weighted by Gasteiger charge is 2.48. The molecule has 2 atom stereocenters. The lowest BCUT2D eigenvalue weighted by atomic mass is 9.82. The van der Waals surface area contributed by atoms with E-state index in [2.05, 4.69) is 5.32 Å². The van der Waals surface area contributed by atoms with Crippen molar-refractivity contribution in [1.29, 1.82) is 0 Å². The molecular formula is C19H24N2O4. The second kappa shape index (κ2) is 6.98. The van der Waals surface area contributed by atoms with Crippen LogP contribution in [0.25, 0.3) is 0 Å². The van der Waals surface area contributed by atoms with E-state index in [0.717, 1.165) is 12.8 Å². The molecule has 3 rings (SSSR count). The number of hydrogen-bond acceptors (Lipinski definition) is 4. The summed E-state index contributed by atoms with van der Waals surface area (Å²) in [5.41, 5.74) is 0.0957.